The van der Waals surface area contributed by atoms with Crippen LogP contribution in [0.15, 0.2) is 12.1 Å². The van der Waals surface area contributed by atoms with Crippen molar-refractivity contribution < 1.29 is 14.2 Å². The van der Waals surface area contributed by atoms with Crippen LogP contribution in [-0.4, -0.2) is 26.9 Å². The quantitative estimate of drug-likeness (QED) is 0.533. The molecule has 0 aliphatic rings. The second-order valence-corrected chi connectivity index (χ2v) is 5.25. The average Bonchev–Trinajstić information content (AvgIpc) is 2.38. The van der Waals surface area contributed by atoms with E-state index < -0.39 is 0 Å². The highest BCUT2D eigenvalue weighted by molar-refractivity contribution is 6.31. The number of hydrogen-bond acceptors (Lipinski definition) is 3. The number of rotatable bonds is 8. The SMILES string of the molecule is COc1cc(Cl)cc(CCl)c1OCCOCC(C)C. The summed E-state index contributed by atoms with van der Waals surface area (Å²) in [7, 11) is 1.58. The summed E-state index contributed by atoms with van der Waals surface area (Å²) in [6.07, 6.45) is 0. The number of alkyl halides is 1. The second kappa shape index (κ2) is 8.51. The molecule has 5 heteroatoms. The van der Waals surface area contributed by atoms with Gasteiger partial charge in [0.15, 0.2) is 11.5 Å². The molecule has 0 spiro atoms. The highest BCUT2D eigenvalue weighted by Gasteiger charge is 2.12. The fraction of sp³-hybridized carbons (Fsp3) is 0.571. The monoisotopic (exact) mass is 306 g/mol. The van der Waals surface area contributed by atoms with E-state index in [4.69, 9.17) is 37.4 Å². The lowest BCUT2D eigenvalue weighted by atomic mass is 10.2. The van der Waals surface area contributed by atoms with Gasteiger partial charge >= 0.3 is 0 Å². The third-order valence-electron chi connectivity index (χ3n) is 2.39. The van der Waals surface area contributed by atoms with Crippen LogP contribution in [-0.2, 0) is 10.6 Å². The van der Waals surface area contributed by atoms with E-state index >= 15 is 0 Å². The van der Waals surface area contributed by atoms with Gasteiger partial charge in [-0.05, 0) is 12.0 Å². The zero-order chi connectivity index (χ0) is 14.3. The Balaban J connectivity index is 2.61. The predicted octanol–water partition coefficient (Wildman–Crippen LogP) is 4.14. The molecule has 0 aliphatic heterocycles. The Labute approximate surface area is 124 Å². The van der Waals surface area contributed by atoms with Crippen molar-refractivity contribution in [1.82, 2.24) is 0 Å². The normalized spacial score (nSPS) is 10.8. The summed E-state index contributed by atoms with van der Waals surface area (Å²) >= 11 is 11.9. The Hall–Kier alpha value is -0.640. The van der Waals surface area contributed by atoms with E-state index in [0.29, 0.717) is 41.5 Å². The molecule has 0 atom stereocenters. The molecule has 1 aromatic carbocycles. The van der Waals surface area contributed by atoms with Crippen molar-refractivity contribution in [3.8, 4) is 11.5 Å². The van der Waals surface area contributed by atoms with Crippen LogP contribution in [0.3, 0.4) is 0 Å². The standard InChI is InChI=1S/C14H20Cl2O3/c1-10(2)9-18-4-5-19-14-11(8-15)6-12(16)7-13(14)17-3/h6-7,10H,4-5,8-9H2,1-3H3. The van der Waals surface area contributed by atoms with E-state index in [0.717, 1.165) is 12.2 Å². The largest absolute Gasteiger partial charge is 0.493 e. The van der Waals surface area contributed by atoms with Crippen LogP contribution in [0.5, 0.6) is 11.5 Å². The number of ether oxygens (including phenoxy) is 3. The topological polar surface area (TPSA) is 27.7 Å². The van der Waals surface area contributed by atoms with Gasteiger partial charge in [0.05, 0.1) is 19.6 Å². The lowest BCUT2D eigenvalue weighted by Gasteiger charge is -2.15. The van der Waals surface area contributed by atoms with Crippen molar-refractivity contribution in [2.24, 2.45) is 5.92 Å². The zero-order valence-electron chi connectivity index (χ0n) is 11.5. The van der Waals surface area contributed by atoms with Crippen molar-refractivity contribution in [3.05, 3.63) is 22.7 Å². The maximum atomic E-state index is 5.98. The van der Waals surface area contributed by atoms with Crippen LogP contribution < -0.4 is 9.47 Å². The maximum absolute atomic E-state index is 5.98. The Bertz CT molecular complexity index is 369. The molecule has 0 fully saturated rings. The van der Waals surface area contributed by atoms with E-state index in [1.807, 2.05) is 0 Å². The average molecular weight is 307 g/mol. The molecule has 0 unspecified atom stereocenters. The Kier molecular flexibility index (Phi) is 7.36. The first kappa shape index (κ1) is 16.4. The molecular weight excluding hydrogens is 287 g/mol. The molecule has 0 N–H and O–H groups in total. The van der Waals surface area contributed by atoms with Gasteiger partial charge < -0.3 is 14.2 Å². The van der Waals surface area contributed by atoms with Gasteiger partial charge in [-0.1, -0.05) is 25.4 Å². The van der Waals surface area contributed by atoms with Gasteiger partial charge in [0.2, 0.25) is 0 Å². The number of hydrogen-bond donors (Lipinski definition) is 0. The second-order valence-electron chi connectivity index (χ2n) is 4.55. The molecule has 1 aromatic rings. The molecule has 0 aromatic heterocycles. The van der Waals surface area contributed by atoms with E-state index in [-0.39, 0.29) is 0 Å². The first-order chi connectivity index (χ1) is 9.08. The maximum Gasteiger partial charge on any atom is 0.165 e. The Morgan fingerprint density at radius 3 is 2.53 bits per heavy atom. The molecule has 0 saturated carbocycles. The lowest BCUT2D eigenvalue weighted by molar-refractivity contribution is 0.0808. The van der Waals surface area contributed by atoms with Crippen molar-refractivity contribution in [1.29, 1.82) is 0 Å². The number of benzene rings is 1. The summed E-state index contributed by atoms with van der Waals surface area (Å²) in [6, 6.07) is 3.49. The number of halogens is 2. The molecule has 108 valence electrons. The molecule has 0 aliphatic carbocycles. The predicted molar refractivity (Wildman–Crippen MR) is 78.7 cm³/mol. The van der Waals surface area contributed by atoms with Gasteiger partial charge in [-0.3, -0.25) is 0 Å². The van der Waals surface area contributed by atoms with Crippen LogP contribution in [0.1, 0.15) is 19.4 Å². The summed E-state index contributed by atoms with van der Waals surface area (Å²) in [5, 5.41) is 0.580. The molecule has 0 radical (unpaired) electrons. The number of methoxy groups -OCH3 is 1. The molecular formula is C14H20Cl2O3. The minimum Gasteiger partial charge on any atom is -0.493 e. The lowest BCUT2D eigenvalue weighted by Crippen LogP contribution is -2.11. The highest BCUT2D eigenvalue weighted by atomic mass is 35.5. The van der Waals surface area contributed by atoms with E-state index in [1.165, 1.54) is 0 Å². The van der Waals surface area contributed by atoms with Crippen molar-refractivity contribution >= 4 is 23.2 Å². The van der Waals surface area contributed by atoms with Crippen LogP contribution >= 0.6 is 23.2 Å². The van der Waals surface area contributed by atoms with Crippen molar-refractivity contribution in [3.63, 3.8) is 0 Å². The third kappa shape index (κ3) is 5.47. The Morgan fingerprint density at radius 2 is 1.95 bits per heavy atom. The molecule has 3 nitrogen and oxygen atoms in total. The first-order valence-corrected chi connectivity index (χ1v) is 7.12. The van der Waals surface area contributed by atoms with Crippen LogP contribution in [0.4, 0.5) is 0 Å². The summed E-state index contributed by atoms with van der Waals surface area (Å²) < 4.78 is 16.4. The minimum absolute atomic E-state index is 0.319. The minimum atomic E-state index is 0.319. The van der Waals surface area contributed by atoms with Crippen LogP contribution in [0, 0.1) is 5.92 Å². The van der Waals surface area contributed by atoms with E-state index in [9.17, 15) is 0 Å². The zero-order valence-corrected chi connectivity index (χ0v) is 13.1. The third-order valence-corrected chi connectivity index (χ3v) is 2.89. The van der Waals surface area contributed by atoms with Crippen LogP contribution in [0.2, 0.25) is 5.02 Å². The van der Waals surface area contributed by atoms with Crippen molar-refractivity contribution in [2.75, 3.05) is 26.9 Å². The molecule has 0 saturated heterocycles. The summed E-state index contributed by atoms with van der Waals surface area (Å²) in [4.78, 5) is 0. The van der Waals surface area contributed by atoms with Gasteiger partial charge in [0.1, 0.15) is 6.61 Å². The smallest absolute Gasteiger partial charge is 0.165 e. The summed E-state index contributed by atoms with van der Waals surface area (Å²) in [5.74, 6) is 2.06. The van der Waals surface area contributed by atoms with Gasteiger partial charge in [-0.2, -0.15) is 0 Å². The van der Waals surface area contributed by atoms with Gasteiger partial charge in [-0.15, -0.1) is 11.6 Å². The fourth-order valence-corrected chi connectivity index (χ4v) is 1.99. The molecule has 1 rings (SSSR count). The van der Waals surface area contributed by atoms with E-state index in [1.54, 1.807) is 19.2 Å². The molecule has 0 heterocycles. The van der Waals surface area contributed by atoms with Crippen LogP contribution in [0.25, 0.3) is 0 Å². The molecule has 0 amide bonds. The summed E-state index contributed by atoms with van der Waals surface area (Å²) in [5.41, 5.74) is 0.815. The fourth-order valence-electron chi connectivity index (χ4n) is 1.56. The Morgan fingerprint density at radius 1 is 1.21 bits per heavy atom. The molecule has 19 heavy (non-hydrogen) atoms. The van der Waals surface area contributed by atoms with Gasteiger partial charge in [0, 0.05) is 23.3 Å². The molecule has 0 bridgehead atoms. The van der Waals surface area contributed by atoms with Gasteiger partial charge in [-0.25, -0.2) is 0 Å². The highest BCUT2D eigenvalue weighted by Crippen LogP contribution is 2.35. The first-order valence-electron chi connectivity index (χ1n) is 6.21. The van der Waals surface area contributed by atoms with E-state index in [2.05, 4.69) is 13.8 Å². The van der Waals surface area contributed by atoms with Gasteiger partial charge in [0.25, 0.3) is 0 Å². The van der Waals surface area contributed by atoms with Crippen molar-refractivity contribution in [2.45, 2.75) is 19.7 Å². The summed E-state index contributed by atoms with van der Waals surface area (Å²) in [6.45, 7) is 5.92.